The summed E-state index contributed by atoms with van der Waals surface area (Å²) in [6.45, 7) is 1.52. The van der Waals surface area contributed by atoms with E-state index in [1.54, 1.807) is 24.4 Å². The van der Waals surface area contributed by atoms with Gasteiger partial charge in [-0.2, -0.15) is 13.9 Å². The third-order valence-electron chi connectivity index (χ3n) is 8.03. The maximum atomic E-state index is 12.7. The third-order valence-corrected chi connectivity index (χ3v) is 8.80. The number of halogens is 2. The highest BCUT2D eigenvalue weighted by molar-refractivity contribution is 7.19. The Labute approximate surface area is 235 Å². The number of hydrogen-bond acceptors (Lipinski definition) is 10. The van der Waals surface area contributed by atoms with E-state index in [2.05, 4.69) is 45.6 Å². The lowest BCUT2D eigenvalue weighted by Gasteiger charge is -2.45. The van der Waals surface area contributed by atoms with Gasteiger partial charge in [0.15, 0.2) is 5.82 Å². The standard InChI is InChI=1S/C27H32F2N8O2S/c28-24(29)39-21-4-1-3-18(11-21)15-36-10-7-27(17-36)13-19(14-27)12-23(38)32-26-35-34-25(40-26)31-20-6-9-37(16-20)22-5-2-8-30-33-22/h1-5,8,11,19-20,24H,6-7,9-10,12-17H2,(H,31,34)(H,32,35,38)/t19?,20-,27?/m1/s1. The van der Waals surface area contributed by atoms with Crippen molar-refractivity contribution < 1.29 is 18.3 Å². The van der Waals surface area contributed by atoms with Gasteiger partial charge in [0.1, 0.15) is 5.75 Å². The Hall–Kier alpha value is -3.45. The Bertz CT molecular complexity index is 1310. The van der Waals surface area contributed by atoms with Gasteiger partial charge < -0.3 is 20.3 Å². The maximum absolute atomic E-state index is 12.7. The van der Waals surface area contributed by atoms with Crippen LogP contribution in [0.25, 0.3) is 0 Å². The number of alkyl halides is 2. The minimum absolute atomic E-state index is 0.0251. The van der Waals surface area contributed by atoms with E-state index in [4.69, 9.17) is 0 Å². The molecular weight excluding hydrogens is 538 g/mol. The molecule has 10 nitrogen and oxygen atoms in total. The lowest BCUT2D eigenvalue weighted by molar-refractivity contribution is -0.118. The predicted molar refractivity (Wildman–Crippen MR) is 148 cm³/mol. The zero-order valence-electron chi connectivity index (χ0n) is 22.0. The van der Waals surface area contributed by atoms with Crippen molar-refractivity contribution in [3.63, 3.8) is 0 Å². The van der Waals surface area contributed by atoms with Crippen LogP contribution in [0.4, 0.5) is 24.9 Å². The number of carbonyl (C=O) groups excluding carboxylic acids is 1. The van der Waals surface area contributed by atoms with E-state index in [1.165, 1.54) is 11.3 Å². The summed E-state index contributed by atoms with van der Waals surface area (Å²) in [5.41, 5.74) is 1.22. The average molecular weight is 571 g/mol. The minimum atomic E-state index is -2.82. The van der Waals surface area contributed by atoms with E-state index in [9.17, 15) is 13.6 Å². The summed E-state index contributed by atoms with van der Waals surface area (Å²) in [6.07, 6.45) is 6.25. The molecule has 1 spiro atoms. The molecule has 3 aromatic rings. The van der Waals surface area contributed by atoms with Crippen molar-refractivity contribution in [2.45, 2.75) is 51.3 Å². The summed E-state index contributed by atoms with van der Waals surface area (Å²) in [6, 6.07) is 11.0. The van der Waals surface area contributed by atoms with Gasteiger partial charge in [0, 0.05) is 44.8 Å². The monoisotopic (exact) mass is 570 g/mol. The summed E-state index contributed by atoms with van der Waals surface area (Å²) in [5.74, 6) is 1.40. The normalized spacial score (nSPS) is 24.4. The molecular formula is C27H32F2N8O2S. The predicted octanol–water partition coefficient (Wildman–Crippen LogP) is 4.25. The number of hydrogen-bond donors (Lipinski definition) is 2. The van der Waals surface area contributed by atoms with Gasteiger partial charge in [-0.15, -0.1) is 15.3 Å². The van der Waals surface area contributed by atoms with Crippen molar-refractivity contribution >= 4 is 33.3 Å². The number of ether oxygens (including phenoxy) is 1. The number of rotatable bonds is 10. The van der Waals surface area contributed by atoms with E-state index in [0.29, 0.717) is 29.1 Å². The van der Waals surface area contributed by atoms with Gasteiger partial charge in [0.25, 0.3) is 0 Å². The van der Waals surface area contributed by atoms with Crippen LogP contribution in [-0.4, -0.2) is 70.0 Å². The lowest BCUT2D eigenvalue weighted by atomic mass is 9.60. The van der Waals surface area contributed by atoms with E-state index in [-0.39, 0.29) is 23.1 Å². The molecule has 0 bridgehead atoms. The van der Waals surface area contributed by atoms with Gasteiger partial charge in [-0.05, 0) is 73.4 Å². The summed E-state index contributed by atoms with van der Waals surface area (Å²) in [5, 5.41) is 24.0. The molecule has 1 atom stereocenters. The first-order valence-electron chi connectivity index (χ1n) is 13.6. The molecule has 0 radical (unpaired) electrons. The smallest absolute Gasteiger partial charge is 0.387 e. The van der Waals surface area contributed by atoms with E-state index < -0.39 is 6.61 Å². The number of aromatic nitrogens is 4. The molecule has 212 valence electrons. The van der Waals surface area contributed by atoms with Crippen molar-refractivity contribution in [1.82, 2.24) is 25.3 Å². The lowest BCUT2D eigenvalue weighted by Crippen LogP contribution is -2.41. The number of nitrogens with one attached hydrogen (secondary N) is 2. The zero-order chi connectivity index (χ0) is 27.5. The number of amides is 1. The van der Waals surface area contributed by atoms with E-state index in [0.717, 1.165) is 63.2 Å². The molecule has 1 saturated carbocycles. The first-order chi connectivity index (χ1) is 19.4. The third kappa shape index (κ3) is 6.47. The Kier molecular flexibility index (Phi) is 7.74. The van der Waals surface area contributed by atoms with Crippen LogP contribution in [0.2, 0.25) is 0 Å². The first-order valence-corrected chi connectivity index (χ1v) is 14.4. The number of anilines is 3. The molecule has 40 heavy (non-hydrogen) atoms. The molecule has 3 aliphatic rings. The van der Waals surface area contributed by atoms with Gasteiger partial charge in [0.05, 0.1) is 0 Å². The summed E-state index contributed by atoms with van der Waals surface area (Å²) in [4.78, 5) is 17.3. The molecule has 1 aromatic carbocycles. The van der Waals surface area contributed by atoms with Crippen molar-refractivity contribution in [1.29, 1.82) is 0 Å². The quantitative estimate of drug-likeness (QED) is 0.370. The van der Waals surface area contributed by atoms with Crippen LogP contribution in [0.1, 0.15) is 37.7 Å². The highest BCUT2D eigenvalue weighted by atomic mass is 32.1. The van der Waals surface area contributed by atoms with Crippen LogP contribution in [0.15, 0.2) is 42.6 Å². The van der Waals surface area contributed by atoms with Gasteiger partial charge in [0.2, 0.25) is 16.2 Å². The number of benzene rings is 1. The number of nitrogens with zero attached hydrogens (tertiary/aromatic N) is 6. The second-order valence-corrected chi connectivity index (χ2v) is 12.1. The molecule has 6 rings (SSSR count). The van der Waals surface area contributed by atoms with Crippen LogP contribution in [0.3, 0.4) is 0 Å². The SMILES string of the molecule is O=C(CC1CC2(CCN(Cc3cccc(OC(F)F)c3)C2)C1)Nc1nnc(N[C@@H]2CCN(c3cccnn3)C2)s1. The topological polar surface area (TPSA) is 108 Å². The molecule has 4 heterocycles. The highest BCUT2D eigenvalue weighted by Gasteiger charge is 2.48. The molecule has 2 aromatic heterocycles. The van der Waals surface area contributed by atoms with Crippen LogP contribution < -0.4 is 20.3 Å². The Morgan fingerprint density at radius 1 is 1.15 bits per heavy atom. The van der Waals surface area contributed by atoms with Crippen molar-refractivity contribution in [3.8, 4) is 5.75 Å². The Morgan fingerprint density at radius 3 is 2.85 bits per heavy atom. The fourth-order valence-corrected chi connectivity index (χ4v) is 7.11. The Morgan fingerprint density at radius 2 is 2.02 bits per heavy atom. The van der Waals surface area contributed by atoms with Gasteiger partial charge in [-0.3, -0.25) is 9.69 Å². The van der Waals surface area contributed by atoms with Crippen molar-refractivity contribution in [2.24, 2.45) is 11.3 Å². The average Bonchev–Trinajstić information content (AvgIpc) is 3.65. The molecule has 2 N–H and O–H groups in total. The zero-order valence-corrected chi connectivity index (χ0v) is 22.8. The maximum Gasteiger partial charge on any atom is 0.387 e. The molecule has 2 aliphatic heterocycles. The molecule has 3 fully saturated rings. The molecule has 1 amide bonds. The summed E-state index contributed by atoms with van der Waals surface area (Å²) >= 11 is 1.35. The van der Waals surface area contributed by atoms with Gasteiger partial charge in [-0.25, -0.2) is 0 Å². The van der Waals surface area contributed by atoms with E-state index >= 15 is 0 Å². The van der Waals surface area contributed by atoms with Crippen molar-refractivity contribution in [3.05, 3.63) is 48.2 Å². The van der Waals surface area contributed by atoms with Gasteiger partial charge >= 0.3 is 6.61 Å². The van der Waals surface area contributed by atoms with E-state index in [1.807, 2.05) is 18.2 Å². The summed E-state index contributed by atoms with van der Waals surface area (Å²) in [7, 11) is 0. The molecule has 13 heteroatoms. The van der Waals surface area contributed by atoms with Gasteiger partial charge in [-0.1, -0.05) is 23.5 Å². The number of likely N-dealkylation sites (tertiary alicyclic amines) is 1. The summed E-state index contributed by atoms with van der Waals surface area (Å²) < 4.78 is 29.6. The van der Waals surface area contributed by atoms with Crippen LogP contribution >= 0.6 is 11.3 Å². The minimum Gasteiger partial charge on any atom is -0.435 e. The fraction of sp³-hybridized carbons (Fsp3) is 0.519. The molecule has 2 saturated heterocycles. The largest absolute Gasteiger partial charge is 0.435 e. The molecule has 1 aliphatic carbocycles. The molecule has 0 unspecified atom stereocenters. The second kappa shape index (κ2) is 11.6. The van der Waals surface area contributed by atoms with Crippen molar-refractivity contribution in [2.75, 3.05) is 41.7 Å². The highest BCUT2D eigenvalue weighted by Crippen LogP contribution is 2.53. The van der Waals surface area contributed by atoms with Crippen LogP contribution in [0, 0.1) is 11.3 Å². The second-order valence-electron chi connectivity index (χ2n) is 11.1. The fourth-order valence-electron chi connectivity index (χ4n) is 6.37. The van der Waals surface area contributed by atoms with Crippen LogP contribution in [0.5, 0.6) is 5.75 Å². The number of carbonyl (C=O) groups is 1. The van der Waals surface area contributed by atoms with Crippen LogP contribution in [-0.2, 0) is 11.3 Å². The first kappa shape index (κ1) is 26.8. The Balaban J connectivity index is 0.917.